The molecule has 0 saturated carbocycles. The average Bonchev–Trinajstić information content (AvgIpc) is 2.39. The predicted molar refractivity (Wildman–Crippen MR) is 62.2 cm³/mol. The van der Waals surface area contributed by atoms with Gasteiger partial charge in [0.15, 0.2) is 0 Å². The number of amides is 1. The van der Waals surface area contributed by atoms with E-state index in [1.54, 1.807) is 0 Å². The summed E-state index contributed by atoms with van der Waals surface area (Å²) < 4.78 is 4.80. The van der Waals surface area contributed by atoms with Crippen LogP contribution in [0.4, 0.5) is 0 Å². The van der Waals surface area contributed by atoms with Gasteiger partial charge in [-0.15, -0.1) is 0 Å². The van der Waals surface area contributed by atoms with Crippen LogP contribution in [0.1, 0.15) is 13.3 Å². The number of hydrogen-bond donors (Lipinski definition) is 6. The maximum absolute atomic E-state index is 11.1. The molecule has 21 heavy (non-hydrogen) atoms. The van der Waals surface area contributed by atoms with Gasteiger partial charge in [0, 0.05) is 13.3 Å². The zero-order chi connectivity index (χ0) is 16.4. The second-order valence-electron chi connectivity index (χ2n) is 4.89. The van der Waals surface area contributed by atoms with E-state index in [0.29, 0.717) is 0 Å². The van der Waals surface area contributed by atoms with Crippen LogP contribution in [0.15, 0.2) is 0 Å². The fourth-order valence-corrected chi connectivity index (χ4v) is 2.13. The van der Waals surface area contributed by atoms with E-state index in [2.05, 4.69) is 5.32 Å². The molecule has 1 aliphatic heterocycles. The van der Waals surface area contributed by atoms with Gasteiger partial charge in [-0.1, -0.05) is 0 Å². The zero-order valence-corrected chi connectivity index (χ0v) is 11.2. The minimum absolute atomic E-state index is 0.614. The van der Waals surface area contributed by atoms with Gasteiger partial charge in [0.2, 0.25) is 11.7 Å². The van der Waals surface area contributed by atoms with Crippen molar-refractivity contribution in [2.45, 2.75) is 49.6 Å². The Bertz CT molecular complexity index is 403. The Morgan fingerprint density at radius 2 is 2.05 bits per heavy atom. The summed E-state index contributed by atoms with van der Waals surface area (Å²) in [4.78, 5) is 22.0. The summed E-state index contributed by atoms with van der Waals surface area (Å²) in [5.41, 5.74) is 0. The molecule has 0 bridgehead atoms. The van der Waals surface area contributed by atoms with Gasteiger partial charge < -0.3 is 45.5 Å². The van der Waals surface area contributed by atoms with E-state index in [0.717, 1.165) is 6.92 Å². The third-order valence-corrected chi connectivity index (χ3v) is 3.19. The SMILES string of the molecule is CC(=O)N[C@@H]1C(O)CC(O)(C(=O)[O-])O[C@@H]1C(O)C(O)CO. The van der Waals surface area contributed by atoms with E-state index in [-0.39, 0.29) is 0 Å². The average molecular weight is 308 g/mol. The maximum Gasteiger partial charge on any atom is 0.217 e. The standard InChI is InChI=1S/C11H19NO9/c1-4(14)12-7-5(15)2-11(20,10(18)19)21-9(7)8(17)6(16)3-13/h5-9,13,15-17,20H,2-3H2,1H3,(H,12,14)(H,18,19)/p-1/t5?,6?,7-,8?,9+,11?/m1/s1. The largest absolute Gasteiger partial charge is 0.544 e. The van der Waals surface area contributed by atoms with Crippen LogP contribution < -0.4 is 10.4 Å². The Hall–Kier alpha value is -1.30. The summed E-state index contributed by atoms with van der Waals surface area (Å²) >= 11 is 0. The number of ether oxygens (including phenoxy) is 1. The molecule has 1 amide bonds. The maximum atomic E-state index is 11.1. The molecule has 0 aromatic heterocycles. The van der Waals surface area contributed by atoms with Crippen molar-refractivity contribution >= 4 is 11.9 Å². The van der Waals surface area contributed by atoms with E-state index in [1.807, 2.05) is 0 Å². The van der Waals surface area contributed by atoms with E-state index >= 15 is 0 Å². The van der Waals surface area contributed by atoms with E-state index in [4.69, 9.17) is 9.84 Å². The molecule has 0 spiro atoms. The number of carboxylic acids is 1. The van der Waals surface area contributed by atoms with Crippen LogP contribution >= 0.6 is 0 Å². The normalized spacial score (nSPS) is 35.8. The molecule has 4 unspecified atom stereocenters. The number of carbonyl (C=O) groups excluding carboxylic acids is 2. The van der Waals surface area contributed by atoms with Crippen molar-refractivity contribution in [1.29, 1.82) is 0 Å². The molecule has 0 radical (unpaired) electrons. The monoisotopic (exact) mass is 308 g/mol. The molecule has 0 aromatic carbocycles. The van der Waals surface area contributed by atoms with E-state index in [9.17, 15) is 35.1 Å². The van der Waals surface area contributed by atoms with Crippen LogP contribution in [0.2, 0.25) is 0 Å². The third kappa shape index (κ3) is 3.87. The number of carbonyl (C=O) groups is 2. The van der Waals surface area contributed by atoms with Crippen molar-refractivity contribution in [3.8, 4) is 0 Å². The van der Waals surface area contributed by atoms with Gasteiger partial charge in [-0.2, -0.15) is 0 Å². The topological polar surface area (TPSA) is 180 Å². The Morgan fingerprint density at radius 3 is 2.48 bits per heavy atom. The lowest BCUT2D eigenvalue weighted by Crippen LogP contribution is -2.68. The van der Waals surface area contributed by atoms with Crippen LogP contribution in [-0.2, 0) is 14.3 Å². The molecule has 0 aromatic rings. The van der Waals surface area contributed by atoms with Crippen molar-refractivity contribution in [2.24, 2.45) is 0 Å². The van der Waals surface area contributed by atoms with Crippen molar-refractivity contribution in [1.82, 2.24) is 5.32 Å². The first-order valence-electron chi connectivity index (χ1n) is 6.16. The molecule has 1 rings (SSSR count). The number of rotatable bonds is 5. The van der Waals surface area contributed by atoms with Crippen LogP contribution in [0.5, 0.6) is 0 Å². The molecule has 1 saturated heterocycles. The van der Waals surface area contributed by atoms with Gasteiger partial charge in [0.1, 0.15) is 24.3 Å². The second kappa shape index (κ2) is 6.64. The summed E-state index contributed by atoms with van der Waals surface area (Å²) in [6, 6.07) is -1.29. The molecule has 10 heteroatoms. The smallest absolute Gasteiger partial charge is 0.217 e. The molecular weight excluding hydrogens is 290 g/mol. The van der Waals surface area contributed by atoms with Crippen molar-refractivity contribution in [3.63, 3.8) is 0 Å². The lowest BCUT2D eigenvalue weighted by atomic mass is 9.88. The number of aliphatic hydroxyl groups excluding tert-OH is 4. The van der Waals surface area contributed by atoms with Crippen molar-refractivity contribution in [3.05, 3.63) is 0 Å². The fraction of sp³-hybridized carbons (Fsp3) is 0.818. The van der Waals surface area contributed by atoms with Crippen LogP contribution in [0.25, 0.3) is 0 Å². The lowest BCUT2D eigenvalue weighted by Gasteiger charge is -2.46. The first-order valence-corrected chi connectivity index (χ1v) is 6.16. The number of aliphatic carboxylic acids is 1. The third-order valence-electron chi connectivity index (χ3n) is 3.19. The Labute approximate surface area is 119 Å². The number of aliphatic hydroxyl groups is 5. The molecule has 1 fully saturated rings. The molecule has 10 nitrogen and oxygen atoms in total. The Balaban J connectivity index is 3.07. The number of carboxylic acid groups (broad SMARTS) is 1. The van der Waals surface area contributed by atoms with Crippen molar-refractivity contribution < 1.29 is 45.0 Å². The highest BCUT2D eigenvalue weighted by Gasteiger charge is 2.50. The van der Waals surface area contributed by atoms with Gasteiger partial charge >= 0.3 is 0 Å². The van der Waals surface area contributed by atoms with Gasteiger partial charge in [-0.05, 0) is 0 Å². The molecule has 6 N–H and O–H groups in total. The van der Waals surface area contributed by atoms with Gasteiger partial charge in [-0.3, -0.25) is 4.79 Å². The highest BCUT2D eigenvalue weighted by atomic mass is 16.7. The van der Waals surface area contributed by atoms with E-state index < -0.39 is 61.1 Å². The lowest BCUT2D eigenvalue weighted by molar-refractivity contribution is -0.374. The predicted octanol–water partition coefficient (Wildman–Crippen LogP) is -5.21. The van der Waals surface area contributed by atoms with Crippen LogP contribution in [0, 0.1) is 0 Å². The van der Waals surface area contributed by atoms with Gasteiger partial charge in [-0.25, -0.2) is 0 Å². The van der Waals surface area contributed by atoms with Gasteiger partial charge in [0.25, 0.3) is 0 Å². The number of nitrogens with one attached hydrogen (secondary N) is 1. The molecular formula is C11H18NO9-. The van der Waals surface area contributed by atoms with Crippen LogP contribution in [0.3, 0.4) is 0 Å². The highest BCUT2D eigenvalue weighted by molar-refractivity contribution is 5.74. The minimum atomic E-state index is -2.89. The molecule has 0 aliphatic carbocycles. The Morgan fingerprint density at radius 1 is 1.48 bits per heavy atom. The summed E-state index contributed by atoms with van der Waals surface area (Å²) in [6.07, 6.45) is -7.67. The van der Waals surface area contributed by atoms with Crippen molar-refractivity contribution in [2.75, 3.05) is 6.61 Å². The summed E-state index contributed by atoms with van der Waals surface area (Å²) in [5.74, 6) is -5.55. The number of hydrogen-bond acceptors (Lipinski definition) is 9. The molecule has 122 valence electrons. The first kappa shape index (κ1) is 17.8. The van der Waals surface area contributed by atoms with E-state index in [1.165, 1.54) is 0 Å². The van der Waals surface area contributed by atoms with Crippen LogP contribution in [-0.4, -0.2) is 80.3 Å². The zero-order valence-electron chi connectivity index (χ0n) is 11.2. The highest BCUT2D eigenvalue weighted by Crippen LogP contribution is 2.29. The summed E-state index contributed by atoms with van der Waals surface area (Å²) in [7, 11) is 0. The Kier molecular flexibility index (Phi) is 5.61. The summed E-state index contributed by atoms with van der Waals surface area (Å²) in [5, 5.41) is 60.8. The molecule has 1 aliphatic rings. The quantitative estimate of drug-likeness (QED) is 0.289. The first-order chi connectivity index (χ1) is 9.62. The summed E-state index contributed by atoms with van der Waals surface area (Å²) in [6.45, 7) is 0.228. The fourth-order valence-electron chi connectivity index (χ4n) is 2.13. The molecule has 6 atom stereocenters. The van der Waals surface area contributed by atoms with Gasteiger partial charge in [0.05, 0.1) is 18.8 Å². The minimum Gasteiger partial charge on any atom is -0.544 e. The second-order valence-corrected chi connectivity index (χ2v) is 4.89. The molecule has 1 heterocycles.